The topological polar surface area (TPSA) is 73.8 Å². The Morgan fingerprint density at radius 1 is 1.35 bits per heavy atom. The van der Waals surface area contributed by atoms with Crippen molar-refractivity contribution in [1.29, 1.82) is 0 Å². The highest BCUT2D eigenvalue weighted by Crippen LogP contribution is 2.18. The third-order valence-corrected chi connectivity index (χ3v) is 4.30. The molecule has 1 saturated carbocycles. The van der Waals surface area contributed by atoms with E-state index < -0.39 is 10.0 Å². The van der Waals surface area contributed by atoms with Crippen LogP contribution in [0, 0.1) is 0 Å². The van der Waals surface area contributed by atoms with Gasteiger partial charge in [0.15, 0.2) is 5.96 Å². The van der Waals surface area contributed by atoms with Crippen LogP contribution in [0.2, 0.25) is 0 Å². The number of hydrogen-bond acceptors (Lipinski definition) is 3. The second-order valence-electron chi connectivity index (χ2n) is 4.79. The SMILES string of the molecule is CCNC(=NCCCN(CC)S(C)(=O)=O)NC1CC1.I. The van der Waals surface area contributed by atoms with Crippen molar-refractivity contribution in [1.82, 2.24) is 14.9 Å². The molecule has 1 aliphatic rings. The maximum absolute atomic E-state index is 11.4. The average Bonchev–Trinajstić information content (AvgIpc) is 3.11. The third kappa shape index (κ3) is 8.25. The summed E-state index contributed by atoms with van der Waals surface area (Å²) in [4.78, 5) is 4.45. The van der Waals surface area contributed by atoms with E-state index in [9.17, 15) is 8.42 Å². The smallest absolute Gasteiger partial charge is 0.211 e. The molecule has 20 heavy (non-hydrogen) atoms. The summed E-state index contributed by atoms with van der Waals surface area (Å²) in [6, 6.07) is 0.570. The molecule has 0 aliphatic heterocycles. The molecule has 0 aromatic carbocycles. The minimum absolute atomic E-state index is 0. The minimum Gasteiger partial charge on any atom is -0.357 e. The van der Waals surface area contributed by atoms with Crippen LogP contribution in [-0.2, 0) is 10.0 Å². The largest absolute Gasteiger partial charge is 0.357 e. The molecule has 120 valence electrons. The standard InChI is InChI=1S/C12H26N4O2S.HI/c1-4-13-12(15-11-7-8-11)14-9-6-10-16(5-2)19(3,17)18;/h11H,4-10H2,1-3H3,(H2,13,14,15);1H. The Bertz CT molecular complexity index is 396. The van der Waals surface area contributed by atoms with E-state index in [0.717, 1.165) is 18.9 Å². The van der Waals surface area contributed by atoms with Gasteiger partial charge in [0.1, 0.15) is 0 Å². The van der Waals surface area contributed by atoms with Gasteiger partial charge in [0.2, 0.25) is 10.0 Å². The monoisotopic (exact) mass is 418 g/mol. The van der Waals surface area contributed by atoms with Crippen LogP contribution in [0.1, 0.15) is 33.1 Å². The van der Waals surface area contributed by atoms with Crippen molar-refractivity contribution in [3.63, 3.8) is 0 Å². The van der Waals surface area contributed by atoms with Gasteiger partial charge in [-0.15, -0.1) is 24.0 Å². The molecule has 0 aromatic heterocycles. The van der Waals surface area contributed by atoms with Gasteiger partial charge in [-0.1, -0.05) is 6.92 Å². The summed E-state index contributed by atoms with van der Waals surface area (Å²) >= 11 is 0. The summed E-state index contributed by atoms with van der Waals surface area (Å²) in [6.45, 7) is 6.40. The molecule has 0 amide bonds. The minimum atomic E-state index is -3.08. The number of sulfonamides is 1. The molecule has 0 bridgehead atoms. The van der Waals surface area contributed by atoms with Crippen molar-refractivity contribution in [2.24, 2.45) is 4.99 Å². The summed E-state index contributed by atoms with van der Waals surface area (Å²) in [5.41, 5.74) is 0. The number of aliphatic imine (C=N–C) groups is 1. The van der Waals surface area contributed by atoms with E-state index in [2.05, 4.69) is 15.6 Å². The van der Waals surface area contributed by atoms with Gasteiger partial charge in [0.05, 0.1) is 6.26 Å². The number of nitrogens with zero attached hydrogens (tertiary/aromatic N) is 2. The fraction of sp³-hybridized carbons (Fsp3) is 0.917. The molecule has 8 heteroatoms. The zero-order valence-electron chi connectivity index (χ0n) is 12.6. The third-order valence-electron chi connectivity index (χ3n) is 2.92. The maximum Gasteiger partial charge on any atom is 0.211 e. The van der Waals surface area contributed by atoms with Crippen LogP contribution in [0.15, 0.2) is 4.99 Å². The fourth-order valence-corrected chi connectivity index (χ4v) is 2.67. The lowest BCUT2D eigenvalue weighted by Crippen LogP contribution is -2.38. The Hall–Kier alpha value is -0.0900. The molecule has 0 aromatic rings. The van der Waals surface area contributed by atoms with Crippen molar-refractivity contribution < 1.29 is 8.42 Å². The fourth-order valence-electron chi connectivity index (χ4n) is 1.74. The molecule has 0 atom stereocenters. The summed E-state index contributed by atoms with van der Waals surface area (Å²) < 4.78 is 24.3. The van der Waals surface area contributed by atoms with Crippen molar-refractivity contribution in [2.75, 3.05) is 32.4 Å². The molecule has 2 N–H and O–H groups in total. The first-order valence-corrected chi connectivity index (χ1v) is 8.82. The normalized spacial score (nSPS) is 15.9. The summed E-state index contributed by atoms with van der Waals surface area (Å²) in [7, 11) is -3.08. The zero-order valence-corrected chi connectivity index (χ0v) is 15.7. The van der Waals surface area contributed by atoms with Gasteiger partial charge in [0, 0.05) is 32.2 Å². The molecule has 0 heterocycles. The average molecular weight is 418 g/mol. The quantitative estimate of drug-likeness (QED) is 0.267. The van der Waals surface area contributed by atoms with Crippen molar-refractivity contribution in [2.45, 2.75) is 39.2 Å². The molecular formula is C12H27IN4O2S. The van der Waals surface area contributed by atoms with Crippen LogP contribution < -0.4 is 10.6 Å². The van der Waals surface area contributed by atoms with Gasteiger partial charge < -0.3 is 10.6 Å². The zero-order chi connectivity index (χ0) is 14.3. The Morgan fingerprint density at radius 2 is 2.00 bits per heavy atom. The highest BCUT2D eigenvalue weighted by Gasteiger charge is 2.22. The Morgan fingerprint density at radius 3 is 2.45 bits per heavy atom. The van der Waals surface area contributed by atoms with E-state index in [1.165, 1.54) is 23.4 Å². The summed E-state index contributed by atoms with van der Waals surface area (Å²) in [6.07, 6.45) is 4.41. The number of nitrogens with one attached hydrogen (secondary N) is 2. The molecule has 0 saturated heterocycles. The molecule has 0 radical (unpaired) electrons. The van der Waals surface area contributed by atoms with Crippen molar-refractivity contribution in [3.05, 3.63) is 0 Å². The second kappa shape index (κ2) is 9.78. The van der Waals surface area contributed by atoms with Gasteiger partial charge in [-0.25, -0.2) is 12.7 Å². The van der Waals surface area contributed by atoms with E-state index in [1.54, 1.807) is 0 Å². The van der Waals surface area contributed by atoms with E-state index in [4.69, 9.17) is 0 Å². The first-order chi connectivity index (χ1) is 8.97. The van der Waals surface area contributed by atoms with E-state index in [1.807, 2.05) is 13.8 Å². The van der Waals surface area contributed by atoms with Crippen LogP contribution in [0.25, 0.3) is 0 Å². The summed E-state index contributed by atoms with van der Waals surface area (Å²) in [5, 5.41) is 6.52. The lowest BCUT2D eigenvalue weighted by atomic mass is 10.4. The van der Waals surface area contributed by atoms with Gasteiger partial charge >= 0.3 is 0 Å². The molecule has 6 nitrogen and oxygen atoms in total. The van der Waals surface area contributed by atoms with Gasteiger partial charge in [0.25, 0.3) is 0 Å². The van der Waals surface area contributed by atoms with Gasteiger partial charge in [-0.2, -0.15) is 0 Å². The molecule has 1 fully saturated rings. The number of rotatable bonds is 8. The molecule has 0 spiro atoms. The van der Waals surface area contributed by atoms with E-state index in [0.29, 0.717) is 25.7 Å². The Balaban J connectivity index is 0.00000361. The van der Waals surface area contributed by atoms with Crippen LogP contribution in [-0.4, -0.2) is 57.2 Å². The number of guanidine groups is 1. The molecule has 0 unspecified atom stereocenters. The van der Waals surface area contributed by atoms with Crippen LogP contribution >= 0.6 is 24.0 Å². The Labute approximate surface area is 139 Å². The summed E-state index contributed by atoms with van der Waals surface area (Å²) in [5.74, 6) is 0.840. The number of hydrogen-bond donors (Lipinski definition) is 2. The maximum atomic E-state index is 11.4. The van der Waals surface area contributed by atoms with Crippen LogP contribution in [0.4, 0.5) is 0 Å². The first-order valence-electron chi connectivity index (χ1n) is 6.97. The second-order valence-corrected chi connectivity index (χ2v) is 6.77. The highest BCUT2D eigenvalue weighted by atomic mass is 127. The Kier molecular flexibility index (Phi) is 9.73. The van der Waals surface area contributed by atoms with Crippen LogP contribution in [0.5, 0.6) is 0 Å². The van der Waals surface area contributed by atoms with Gasteiger partial charge in [-0.05, 0) is 26.2 Å². The van der Waals surface area contributed by atoms with E-state index in [-0.39, 0.29) is 24.0 Å². The predicted molar refractivity (Wildman–Crippen MR) is 94.3 cm³/mol. The number of halogens is 1. The first kappa shape index (κ1) is 19.9. The van der Waals surface area contributed by atoms with Crippen molar-refractivity contribution >= 4 is 40.0 Å². The van der Waals surface area contributed by atoms with E-state index >= 15 is 0 Å². The van der Waals surface area contributed by atoms with Crippen LogP contribution in [0.3, 0.4) is 0 Å². The molecular weight excluding hydrogens is 391 g/mol. The molecule has 1 aliphatic carbocycles. The predicted octanol–water partition coefficient (Wildman–Crippen LogP) is 0.994. The highest BCUT2D eigenvalue weighted by molar-refractivity contribution is 14.0. The molecule has 1 rings (SSSR count). The van der Waals surface area contributed by atoms with Gasteiger partial charge in [-0.3, -0.25) is 4.99 Å². The van der Waals surface area contributed by atoms with Crippen molar-refractivity contribution in [3.8, 4) is 0 Å². The lowest BCUT2D eigenvalue weighted by Gasteiger charge is -2.17. The lowest BCUT2D eigenvalue weighted by molar-refractivity contribution is 0.427.